The summed E-state index contributed by atoms with van der Waals surface area (Å²) < 4.78 is 5.65. The number of thioether (sulfide) groups is 1. The first-order chi connectivity index (χ1) is 13.1. The number of nitrogens with two attached hydrogens (primary N) is 1. The number of anilines is 1. The minimum atomic E-state index is -0.661. The van der Waals surface area contributed by atoms with Crippen molar-refractivity contribution in [1.82, 2.24) is 0 Å². The number of aldehydes is 1. The highest BCUT2D eigenvalue weighted by atomic mass is 32.2. The molecule has 7 heteroatoms. The molecule has 27 heavy (non-hydrogen) atoms. The first kappa shape index (κ1) is 18.7. The van der Waals surface area contributed by atoms with Gasteiger partial charge in [-0.1, -0.05) is 30.4 Å². The van der Waals surface area contributed by atoms with Crippen LogP contribution in [-0.4, -0.2) is 30.6 Å². The largest absolute Gasteiger partial charge is 0.490 e. The summed E-state index contributed by atoms with van der Waals surface area (Å²) in [6, 6.07) is 5.26. The number of hydrogen-bond donors (Lipinski definition) is 1. The number of amides is 2. The van der Waals surface area contributed by atoms with E-state index in [4.69, 9.17) is 10.5 Å². The summed E-state index contributed by atoms with van der Waals surface area (Å²) in [5.74, 6) is 0.473. The molecule has 1 aromatic carbocycles. The van der Waals surface area contributed by atoms with Crippen molar-refractivity contribution >= 4 is 41.0 Å². The normalized spacial score (nSPS) is 16.1. The zero-order chi connectivity index (χ0) is 19.2. The van der Waals surface area contributed by atoms with E-state index in [0.29, 0.717) is 53.8 Å². The molecule has 2 N–H and O–H groups in total. The number of carbonyl (C=O) groups is 3. The van der Waals surface area contributed by atoms with Crippen LogP contribution in [0.15, 0.2) is 59.1 Å². The van der Waals surface area contributed by atoms with Gasteiger partial charge < -0.3 is 15.4 Å². The second-order valence-corrected chi connectivity index (χ2v) is 6.88. The van der Waals surface area contributed by atoms with Gasteiger partial charge in [0.05, 0.1) is 17.1 Å². The zero-order valence-electron chi connectivity index (χ0n) is 14.5. The molecule has 6 nitrogen and oxygen atoms in total. The van der Waals surface area contributed by atoms with Crippen LogP contribution in [0, 0.1) is 0 Å². The van der Waals surface area contributed by atoms with Crippen LogP contribution >= 0.6 is 11.8 Å². The molecule has 1 aliphatic carbocycles. The molecule has 0 saturated carbocycles. The Morgan fingerprint density at radius 2 is 2.11 bits per heavy atom. The van der Waals surface area contributed by atoms with Gasteiger partial charge in [-0.2, -0.15) is 0 Å². The molecule has 3 rings (SSSR count). The summed E-state index contributed by atoms with van der Waals surface area (Å²) >= 11 is 0.658. The standard InChI is InChI=1S/C20H18N2O4S/c21-20(25)27-16(13-23)11-14-7-8-18-17(12-14)22(9-10-26-18)19(24)15-5-3-1-2-4-6-15/h1,3-8,11-13H,2,9-10H2,(H2,21,25)/b16-11-. The zero-order valence-corrected chi connectivity index (χ0v) is 15.3. The Bertz CT molecular complexity index is 899. The van der Waals surface area contributed by atoms with Gasteiger partial charge in [0.2, 0.25) is 0 Å². The lowest BCUT2D eigenvalue weighted by Crippen LogP contribution is -2.38. The lowest BCUT2D eigenvalue weighted by atomic mass is 10.1. The van der Waals surface area contributed by atoms with Crippen molar-refractivity contribution in [1.29, 1.82) is 0 Å². The van der Waals surface area contributed by atoms with Crippen LogP contribution in [0.3, 0.4) is 0 Å². The third-order valence-corrected chi connectivity index (χ3v) is 4.61. The van der Waals surface area contributed by atoms with Gasteiger partial charge in [-0.25, -0.2) is 0 Å². The average Bonchev–Trinajstić information content (AvgIpc) is 2.95. The smallest absolute Gasteiger partial charge is 0.281 e. The van der Waals surface area contributed by atoms with Crippen LogP contribution in [0.25, 0.3) is 6.08 Å². The van der Waals surface area contributed by atoms with E-state index >= 15 is 0 Å². The lowest BCUT2D eigenvalue weighted by molar-refractivity contribution is -0.115. The van der Waals surface area contributed by atoms with E-state index in [-0.39, 0.29) is 10.8 Å². The van der Waals surface area contributed by atoms with Gasteiger partial charge in [0.25, 0.3) is 11.1 Å². The molecule has 0 bridgehead atoms. The predicted molar refractivity (Wildman–Crippen MR) is 106 cm³/mol. The van der Waals surface area contributed by atoms with Crippen LogP contribution in [0.2, 0.25) is 0 Å². The quantitative estimate of drug-likeness (QED) is 0.638. The van der Waals surface area contributed by atoms with Crippen LogP contribution in [-0.2, 0) is 9.59 Å². The monoisotopic (exact) mass is 382 g/mol. The molecule has 138 valence electrons. The second kappa shape index (κ2) is 8.55. The highest BCUT2D eigenvalue weighted by Crippen LogP contribution is 2.34. The van der Waals surface area contributed by atoms with Gasteiger partial charge in [0.15, 0.2) is 6.29 Å². The molecule has 1 aliphatic heterocycles. The maximum atomic E-state index is 13.0. The van der Waals surface area contributed by atoms with Crippen molar-refractivity contribution in [2.24, 2.45) is 5.73 Å². The van der Waals surface area contributed by atoms with Crippen molar-refractivity contribution in [2.45, 2.75) is 6.42 Å². The Morgan fingerprint density at radius 1 is 1.26 bits per heavy atom. The van der Waals surface area contributed by atoms with Crippen LogP contribution in [0.4, 0.5) is 10.5 Å². The Labute approximate surface area is 161 Å². The molecule has 0 atom stereocenters. The van der Waals surface area contributed by atoms with Gasteiger partial charge in [-0.15, -0.1) is 0 Å². The van der Waals surface area contributed by atoms with Crippen LogP contribution in [0.5, 0.6) is 5.75 Å². The molecule has 0 radical (unpaired) electrons. The maximum Gasteiger partial charge on any atom is 0.281 e. The Kier molecular flexibility index (Phi) is 5.93. The van der Waals surface area contributed by atoms with E-state index in [1.807, 2.05) is 24.3 Å². The molecule has 0 unspecified atom stereocenters. The summed E-state index contributed by atoms with van der Waals surface area (Å²) in [6.45, 7) is 0.822. The van der Waals surface area contributed by atoms with E-state index in [0.717, 1.165) is 6.42 Å². The number of allylic oxidation sites excluding steroid dienone is 5. The van der Waals surface area contributed by atoms with Gasteiger partial charge >= 0.3 is 0 Å². The molecule has 1 aromatic rings. The number of nitrogens with zero attached hydrogens (tertiary/aromatic N) is 1. The molecular weight excluding hydrogens is 364 g/mol. The minimum absolute atomic E-state index is 0.120. The first-order valence-corrected chi connectivity index (χ1v) is 9.16. The SMILES string of the molecule is NC(=O)S/C(C=O)=C\c1ccc2c(c1)N(C(=O)C1=CC=CCC=C1)CCO2. The fraction of sp³-hybridized carbons (Fsp3) is 0.150. The van der Waals surface area contributed by atoms with Crippen molar-refractivity contribution in [3.05, 3.63) is 64.6 Å². The van der Waals surface area contributed by atoms with Gasteiger partial charge in [0.1, 0.15) is 12.4 Å². The van der Waals surface area contributed by atoms with E-state index in [2.05, 4.69) is 0 Å². The molecule has 1 heterocycles. The molecule has 0 aromatic heterocycles. The van der Waals surface area contributed by atoms with Gasteiger partial charge in [-0.3, -0.25) is 14.4 Å². The fourth-order valence-electron chi connectivity index (χ4n) is 2.78. The number of hydrogen-bond acceptors (Lipinski definition) is 5. The minimum Gasteiger partial charge on any atom is -0.490 e. The third-order valence-electron chi connectivity index (χ3n) is 3.96. The summed E-state index contributed by atoms with van der Waals surface area (Å²) in [6.07, 6.45) is 12.3. The van der Waals surface area contributed by atoms with E-state index in [9.17, 15) is 14.4 Å². The number of ether oxygens (including phenoxy) is 1. The molecule has 0 saturated heterocycles. The number of primary amides is 1. The first-order valence-electron chi connectivity index (χ1n) is 8.35. The van der Waals surface area contributed by atoms with Crippen LogP contribution < -0.4 is 15.4 Å². The summed E-state index contributed by atoms with van der Waals surface area (Å²) in [4.78, 5) is 37.0. The van der Waals surface area contributed by atoms with E-state index in [1.165, 1.54) is 0 Å². The van der Waals surface area contributed by atoms with E-state index in [1.54, 1.807) is 35.3 Å². The Morgan fingerprint density at radius 3 is 2.89 bits per heavy atom. The maximum absolute atomic E-state index is 13.0. The third kappa shape index (κ3) is 4.57. The second-order valence-electron chi connectivity index (χ2n) is 5.81. The molecule has 0 fully saturated rings. The predicted octanol–water partition coefficient (Wildman–Crippen LogP) is 3.21. The summed E-state index contributed by atoms with van der Waals surface area (Å²) in [5, 5.41) is -0.661. The number of carbonyl (C=O) groups excluding carboxylic acids is 3. The van der Waals surface area contributed by atoms with Crippen molar-refractivity contribution in [3.8, 4) is 5.75 Å². The summed E-state index contributed by atoms with van der Waals surface area (Å²) in [5.41, 5.74) is 7.00. The van der Waals surface area contributed by atoms with Crippen molar-refractivity contribution in [3.63, 3.8) is 0 Å². The fourth-order valence-corrected chi connectivity index (χ4v) is 3.26. The topological polar surface area (TPSA) is 89.7 Å². The molecule has 0 spiro atoms. The number of rotatable bonds is 4. The van der Waals surface area contributed by atoms with Crippen molar-refractivity contribution < 1.29 is 19.1 Å². The van der Waals surface area contributed by atoms with E-state index < -0.39 is 5.24 Å². The number of fused-ring (bicyclic) bond motifs is 1. The average molecular weight is 382 g/mol. The molecule has 2 aliphatic rings. The Hall–Kier alpha value is -3.06. The van der Waals surface area contributed by atoms with Gasteiger partial charge in [-0.05, 0) is 48.0 Å². The Balaban J connectivity index is 1.94. The van der Waals surface area contributed by atoms with Crippen molar-refractivity contribution in [2.75, 3.05) is 18.1 Å². The highest BCUT2D eigenvalue weighted by Gasteiger charge is 2.25. The van der Waals surface area contributed by atoms with Crippen LogP contribution in [0.1, 0.15) is 12.0 Å². The summed E-state index contributed by atoms with van der Waals surface area (Å²) in [7, 11) is 0. The molecular formula is C20H18N2O4S. The molecule has 2 amide bonds. The highest BCUT2D eigenvalue weighted by molar-refractivity contribution is 8.17. The van der Waals surface area contributed by atoms with Gasteiger partial charge in [0, 0.05) is 5.57 Å². The lowest BCUT2D eigenvalue weighted by Gasteiger charge is -2.30. The number of benzene rings is 1.